The lowest BCUT2D eigenvalue weighted by atomic mass is 9.98. The number of hydrogen-bond acceptors (Lipinski definition) is 2. The molecular weight excluding hydrogens is 186 g/mol. The molecule has 0 saturated heterocycles. The summed E-state index contributed by atoms with van der Waals surface area (Å²) in [6, 6.07) is 0. The van der Waals surface area contributed by atoms with Crippen molar-refractivity contribution in [3.05, 3.63) is 60.1 Å². The van der Waals surface area contributed by atoms with Crippen LogP contribution >= 0.6 is 0 Å². The Kier molecular flexibility index (Phi) is 3.98. The zero-order valence-corrected chi connectivity index (χ0v) is 9.12. The maximum Gasteiger partial charge on any atom is 0.134 e. The van der Waals surface area contributed by atoms with E-state index < -0.39 is 0 Å². The monoisotopic (exact) mass is 203 g/mol. The average Bonchev–Trinajstić information content (AvgIpc) is 2.29. The Morgan fingerprint density at radius 3 is 2.80 bits per heavy atom. The second-order valence-corrected chi connectivity index (χ2v) is 3.41. The Hall–Kier alpha value is -1.70. The van der Waals surface area contributed by atoms with Gasteiger partial charge >= 0.3 is 0 Å². The van der Waals surface area contributed by atoms with Crippen LogP contribution in [-0.4, -0.2) is 7.11 Å². The van der Waals surface area contributed by atoms with E-state index in [1.807, 2.05) is 6.08 Å². The lowest BCUT2D eigenvalue weighted by Gasteiger charge is -2.10. The summed E-state index contributed by atoms with van der Waals surface area (Å²) in [5.74, 6) is 0.475. The van der Waals surface area contributed by atoms with Crippen LogP contribution in [-0.2, 0) is 4.74 Å². The van der Waals surface area contributed by atoms with E-state index in [0.717, 1.165) is 18.4 Å². The van der Waals surface area contributed by atoms with Crippen molar-refractivity contribution < 1.29 is 4.74 Å². The van der Waals surface area contributed by atoms with Crippen LogP contribution in [0, 0.1) is 0 Å². The molecule has 0 radical (unpaired) electrons. The first-order valence-corrected chi connectivity index (χ1v) is 4.90. The number of hydrogen-bond donors (Lipinski definition) is 1. The molecule has 0 saturated carbocycles. The average molecular weight is 203 g/mol. The van der Waals surface area contributed by atoms with Crippen LogP contribution in [0.5, 0.6) is 0 Å². The van der Waals surface area contributed by atoms with Crippen LogP contribution in [0.2, 0.25) is 0 Å². The Balaban J connectivity index is 2.73. The van der Waals surface area contributed by atoms with Gasteiger partial charge in [-0.25, -0.2) is 0 Å². The van der Waals surface area contributed by atoms with Gasteiger partial charge in [0.25, 0.3) is 0 Å². The van der Waals surface area contributed by atoms with Crippen molar-refractivity contribution in [3.63, 3.8) is 0 Å². The smallest absolute Gasteiger partial charge is 0.134 e. The van der Waals surface area contributed by atoms with Crippen molar-refractivity contribution >= 4 is 0 Å². The van der Waals surface area contributed by atoms with Crippen molar-refractivity contribution in [2.75, 3.05) is 7.11 Å². The molecule has 1 aliphatic rings. The summed E-state index contributed by atoms with van der Waals surface area (Å²) in [5.41, 5.74) is 8.43. The Labute approximate surface area is 91.1 Å². The van der Waals surface area contributed by atoms with Gasteiger partial charge < -0.3 is 10.5 Å². The van der Waals surface area contributed by atoms with E-state index in [9.17, 15) is 0 Å². The molecule has 2 nitrogen and oxygen atoms in total. The third-order valence-corrected chi connectivity index (χ3v) is 2.32. The second-order valence-electron chi connectivity index (χ2n) is 3.41. The van der Waals surface area contributed by atoms with E-state index in [4.69, 9.17) is 10.5 Å². The van der Waals surface area contributed by atoms with Crippen LogP contribution in [0.1, 0.15) is 12.8 Å². The summed E-state index contributed by atoms with van der Waals surface area (Å²) >= 11 is 0. The first-order chi connectivity index (χ1) is 7.15. The highest BCUT2D eigenvalue weighted by atomic mass is 16.5. The van der Waals surface area contributed by atoms with Crippen LogP contribution in [0.4, 0.5) is 0 Å². The lowest BCUT2D eigenvalue weighted by Crippen LogP contribution is -2.03. The van der Waals surface area contributed by atoms with Gasteiger partial charge in [-0.3, -0.25) is 0 Å². The standard InChI is InChI=1S/C13H17NO/c1-10(9-13(14)11(2)15-3)12-7-5-4-6-8-12/h4-5,7,9H,1-2,6,8,14H2,3H3/b13-9+. The summed E-state index contributed by atoms with van der Waals surface area (Å²) in [6.07, 6.45) is 10.1. The number of nitrogens with two attached hydrogens (primary N) is 1. The maximum atomic E-state index is 5.77. The molecule has 0 spiro atoms. The number of allylic oxidation sites excluding steroid dienone is 6. The first-order valence-electron chi connectivity index (χ1n) is 4.90. The maximum absolute atomic E-state index is 5.77. The zero-order valence-electron chi connectivity index (χ0n) is 9.12. The third-order valence-electron chi connectivity index (χ3n) is 2.32. The van der Waals surface area contributed by atoms with Gasteiger partial charge in [-0.05, 0) is 30.1 Å². The van der Waals surface area contributed by atoms with Gasteiger partial charge in [0.05, 0.1) is 12.8 Å². The minimum absolute atomic E-state index is 0.475. The van der Waals surface area contributed by atoms with Crippen LogP contribution in [0.15, 0.2) is 60.1 Å². The van der Waals surface area contributed by atoms with Crippen LogP contribution in [0.3, 0.4) is 0 Å². The third kappa shape index (κ3) is 3.17. The summed E-state index contributed by atoms with van der Waals surface area (Å²) in [6.45, 7) is 7.66. The Bertz CT molecular complexity index is 359. The second kappa shape index (κ2) is 5.25. The highest BCUT2D eigenvalue weighted by Crippen LogP contribution is 2.21. The molecule has 15 heavy (non-hydrogen) atoms. The minimum atomic E-state index is 0.475. The number of methoxy groups -OCH3 is 1. The molecule has 0 aromatic rings. The molecule has 80 valence electrons. The summed E-state index contributed by atoms with van der Waals surface area (Å²) < 4.78 is 4.94. The van der Waals surface area contributed by atoms with Gasteiger partial charge in [0.15, 0.2) is 0 Å². The summed E-state index contributed by atoms with van der Waals surface area (Å²) in [7, 11) is 1.55. The molecule has 0 bridgehead atoms. The molecule has 1 rings (SSSR count). The number of rotatable bonds is 4. The molecule has 2 heteroatoms. The van der Waals surface area contributed by atoms with Crippen LogP contribution < -0.4 is 5.73 Å². The van der Waals surface area contributed by atoms with Crippen molar-refractivity contribution in [2.45, 2.75) is 12.8 Å². The fourth-order valence-corrected chi connectivity index (χ4v) is 1.35. The summed E-state index contributed by atoms with van der Waals surface area (Å²) in [5, 5.41) is 0. The van der Waals surface area contributed by atoms with Gasteiger partial charge in [-0.2, -0.15) is 0 Å². The molecule has 0 atom stereocenters. The number of ether oxygens (including phenoxy) is 1. The predicted octanol–water partition coefficient (Wildman–Crippen LogP) is 2.82. The van der Waals surface area contributed by atoms with Gasteiger partial charge in [-0.1, -0.05) is 31.4 Å². The molecule has 0 heterocycles. The van der Waals surface area contributed by atoms with E-state index in [1.165, 1.54) is 5.57 Å². The van der Waals surface area contributed by atoms with Gasteiger partial charge in [0.1, 0.15) is 5.76 Å². The minimum Gasteiger partial charge on any atom is -0.495 e. The first kappa shape index (κ1) is 11.4. The fraction of sp³-hybridized carbons (Fsp3) is 0.231. The van der Waals surface area contributed by atoms with Crippen molar-refractivity contribution in [3.8, 4) is 0 Å². The van der Waals surface area contributed by atoms with E-state index in [0.29, 0.717) is 11.5 Å². The molecule has 0 unspecified atom stereocenters. The normalized spacial score (nSPS) is 15.8. The Morgan fingerprint density at radius 1 is 1.53 bits per heavy atom. The fourth-order valence-electron chi connectivity index (χ4n) is 1.35. The largest absolute Gasteiger partial charge is 0.495 e. The van der Waals surface area contributed by atoms with Gasteiger partial charge in [0.2, 0.25) is 0 Å². The van der Waals surface area contributed by atoms with Gasteiger partial charge in [-0.15, -0.1) is 0 Å². The van der Waals surface area contributed by atoms with Crippen molar-refractivity contribution in [1.82, 2.24) is 0 Å². The molecule has 2 N–H and O–H groups in total. The van der Waals surface area contributed by atoms with E-state index in [2.05, 4.69) is 25.3 Å². The molecule has 0 amide bonds. The van der Waals surface area contributed by atoms with E-state index >= 15 is 0 Å². The molecular formula is C13H17NO. The molecule has 0 aliphatic heterocycles. The highest BCUT2D eigenvalue weighted by molar-refractivity contribution is 5.44. The molecule has 0 fully saturated rings. The van der Waals surface area contributed by atoms with Crippen LogP contribution in [0.25, 0.3) is 0 Å². The molecule has 0 aromatic heterocycles. The van der Waals surface area contributed by atoms with Gasteiger partial charge in [0, 0.05) is 0 Å². The highest BCUT2D eigenvalue weighted by Gasteiger charge is 2.04. The quantitative estimate of drug-likeness (QED) is 0.563. The predicted molar refractivity (Wildman–Crippen MR) is 64.0 cm³/mol. The zero-order chi connectivity index (χ0) is 11.3. The van der Waals surface area contributed by atoms with Crippen molar-refractivity contribution in [1.29, 1.82) is 0 Å². The van der Waals surface area contributed by atoms with Crippen molar-refractivity contribution in [2.24, 2.45) is 5.73 Å². The van der Waals surface area contributed by atoms with E-state index in [1.54, 1.807) is 13.2 Å². The van der Waals surface area contributed by atoms with E-state index in [-0.39, 0.29) is 0 Å². The Morgan fingerprint density at radius 2 is 2.27 bits per heavy atom. The molecule has 1 aliphatic carbocycles. The lowest BCUT2D eigenvalue weighted by molar-refractivity contribution is 0.302. The molecule has 0 aromatic carbocycles. The summed E-state index contributed by atoms with van der Waals surface area (Å²) in [4.78, 5) is 0. The SMILES string of the molecule is C=C(/C=C(/N)C(=C)OC)C1=CC=CCC1. The topological polar surface area (TPSA) is 35.2 Å².